The summed E-state index contributed by atoms with van der Waals surface area (Å²) < 4.78 is 7.06. The Kier molecular flexibility index (Phi) is 6.92. The molecule has 7 heteroatoms. The molecular formula is C24H24ClN3O3. The van der Waals surface area contributed by atoms with E-state index in [1.54, 1.807) is 38.2 Å². The van der Waals surface area contributed by atoms with Gasteiger partial charge in [0.1, 0.15) is 5.15 Å². The number of anilines is 1. The van der Waals surface area contributed by atoms with Crippen molar-refractivity contribution in [3.63, 3.8) is 0 Å². The molecule has 0 aliphatic carbocycles. The van der Waals surface area contributed by atoms with E-state index in [9.17, 15) is 9.59 Å². The summed E-state index contributed by atoms with van der Waals surface area (Å²) in [4.78, 5) is 25.6. The van der Waals surface area contributed by atoms with Crippen molar-refractivity contribution in [2.45, 2.75) is 26.9 Å². The number of halogens is 1. The number of hydrogen-bond donors (Lipinski definition) is 1. The summed E-state index contributed by atoms with van der Waals surface area (Å²) in [6.07, 6.45) is 1.68. The number of nitrogens with zero attached hydrogens (tertiary/aromatic N) is 2. The molecule has 0 aliphatic heterocycles. The number of esters is 1. The van der Waals surface area contributed by atoms with Crippen LogP contribution in [0.4, 0.5) is 5.69 Å². The molecule has 0 saturated heterocycles. The molecule has 0 bridgehead atoms. The van der Waals surface area contributed by atoms with Crippen LogP contribution in [0.15, 0.2) is 54.6 Å². The third-order valence-electron chi connectivity index (χ3n) is 4.81. The van der Waals surface area contributed by atoms with Crippen molar-refractivity contribution in [2.75, 3.05) is 5.32 Å². The standard InChI is InChI=1S/C24H24ClN3O3/c1-15-10-11-16(2)20(14-15)26-24(30)22(18-8-6-5-7-9-18)31-21(29)13-12-19-17(3)27-28(4)23(19)25/h5-14,22H,1-4H3,(H,26,30)/b13-12+. The minimum atomic E-state index is -1.11. The van der Waals surface area contributed by atoms with Crippen LogP contribution in [-0.4, -0.2) is 21.7 Å². The number of aromatic nitrogens is 2. The Labute approximate surface area is 186 Å². The van der Waals surface area contributed by atoms with E-state index in [-0.39, 0.29) is 0 Å². The average molecular weight is 438 g/mol. The predicted molar refractivity (Wildman–Crippen MR) is 122 cm³/mol. The van der Waals surface area contributed by atoms with Gasteiger partial charge >= 0.3 is 5.97 Å². The lowest BCUT2D eigenvalue weighted by Gasteiger charge is -2.18. The van der Waals surface area contributed by atoms with E-state index in [2.05, 4.69) is 10.4 Å². The number of carbonyl (C=O) groups excluding carboxylic acids is 2. The van der Waals surface area contributed by atoms with Crippen LogP contribution in [0.1, 0.15) is 34.1 Å². The number of benzene rings is 2. The molecule has 2 aromatic carbocycles. The number of carbonyl (C=O) groups is 2. The van der Waals surface area contributed by atoms with Gasteiger partial charge in [-0.15, -0.1) is 0 Å². The van der Waals surface area contributed by atoms with E-state index in [1.165, 1.54) is 16.8 Å². The molecule has 6 nitrogen and oxygen atoms in total. The summed E-state index contributed by atoms with van der Waals surface area (Å²) in [6, 6.07) is 14.7. The maximum atomic E-state index is 13.1. The van der Waals surface area contributed by atoms with Crippen molar-refractivity contribution >= 4 is 35.2 Å². The molecule has 1 aromatic heterocycles. The Balaban J connectivity index is 1.82. The lowest BCUT2D eigenvalue weighted by molar-refractivity contribution is -0.149. The first-order valence-corrected chi connectivity index (χ1v) is 10.1. The second kappa shape index (κ2) is 9.62. The fourth-order valence-electron chi connectivity index (χ4n) is 3.11. The van der Waals surface area contributed by atoms with E-state index in [1.807, 2.05) is 38.1 Å². The summed E-state index contributed by atoms with van der Waals surface area (Å²) in [5.41, 5.74) is 4.48. The Bertz CT molecular complexity index is 1140. The van der Waals surface area contributed by atoms with Gasteiger partial charge < -0.3 is 10.1 Å². The second-order valence-electron chi connectivity index (χ2n) is 7.28. The third-order valence-corrected chi connectivity index (χ3v) is 5.26. The molecule has 0 spiro atoms. The summed E-state index contributed by atoms with van der Waals surface area (Å²) in [7, 11) is 1.72. The molecular weight excluding hydrogens is 414 g/mol. The van der Waals surface area contributed by atoms with Gasteiger partial charge in [-0.05, 0) is 44.0 Å². The highest BCUT2D eigenvalue weighted by molar-refractivity contribution is 6.31. The predicted octanol–water partition coefficient (Wildman–Crippen LogP) is 4.94. The summed E-state index contributed by atoms with van der Waals surface area (Å²) >= 11 is 6.20. The summed E-state index contributed by atoms with van der Waals surface area (Å²) in [5.74, 6) is -1.10. The van der Waals surface area contributed by atoms with Crippen molar-refractivity contribution < 1.29 is 14.3 Å². The zero-order valence-electron chi connectivity index (χ0n) is 17.8. The molecule has 0 radical (unpaired) electrons. The zero-order valence-corrected chi connectivity index (χ0v) is 18.6. The summed E-state index contributed by atoms with van der Waals surface area (Å²) in [5, 5.41) is 7.49. The first kappa shape index (κ1) is 22.3. The topological polar surface area (TPSA) is 73.2 Å². The minimum absolute atomic E-state index is 0.411. The molecule has 3 rings (SSSR count). The Morgan fingerprint density at radius 1 is 1.13 bits per heavy atom. The van der Waals surface area contributed by atoms with Crippen molar-refractivity contribution in [3.05, 3.63) is 87.7 Å². The molecule has 1 atom stereocenters. The van der Waals surface area contributed by atoms with Crippen LogP contribution in [-0.2, 0) is 21.4 Å². The quantitative estimate of drug-likeness (QED) is 0.438. The van der Waals surface area contributed by atoms with Crippen LogP contribution in [0, 0.1) is 20.8 Å². The number of rotatable bonds is 6. The van der Waals surface area contributed by atoms with E-state index < -0.39 is 18.0 Å². The van der Waals surface area contributed by atoms with Gasteiger partial charge in [0.05, 0.1) is 5.69 Å². The molecule has 3 aromatic rings. The Morgan fingerprint density at radius 2 is 1.84 bits per heavy atom. The molecule has 1 amide bonds. The molecule has 1 unspecified atom stereocenters. The van der Waals surface area contributed by atoms with Gasteiger partial charge in [-0.25, -0.2) is 4.79 Å². The highest BCUT2D eigenvalue weighted by Gasteiger charge is 2.25. The van der Waals surface area contributed by atoms with E-state index in [0.717, 1.165) is 11.1 Å². The monoisotopic (exact) mass is 437 g/mol. The molecule has 160 valence electrons. The van der Waals surface area contributed by atoms with Crippen LogP contribution in [0.3, 0.4) is 0 Å². The lowest BCUT2D eigenvalue weighted by Crippen LogP contribution is -2.25. The first-order valence-electron chi connectivity index (χ1n) is 9.77. The molecule has 1 heterocycles. The van der Waals surface area contributed by atoms with Crippen LogP contribution < -0.4 is 5.32 Å². The molecule has 1 N–H and O–H groups in total. The lowest BCUT2D eigenvalue weighted by atomic mass is 10.1. The first-order chi connectivity index (χ1) is 14.8. The van der Waals surface area contributed by atoms with Gasteiger partial charge in [-0.1, -0.05) is 54.1 Å². The van der Waals surface area contributed by atoms with Crippen molar-refractivity contribution in [1.29, 1.82) is 0 Å². The van der Waals surface area contributed by atoms with E-state index in [4.69, 9.17) is 16.3 Å². The molecule has 0 fully saturated rings. The largest absolute Gasteiger partial charge is 0.444 e. The van der Waals surface area contributed by atoms with Crippen molar-refractivity contribution in [2.24, 2.45) is 7.05 Å². The van der Waals surface area contributed by atoms with E-state index in [0.29, 0.717) is 27.7 Å². The van der Waals surface area contributed by atoms with Gasteiger partial charge in [-0.2, -0.15) is 5.10 Å². The molecule has 0 aliphatic rings. The van der Waals surface area contributed by atoms with Crippen LogP contribution in [0.25, 0.3) is 6.08 Å². The zero-order chi connectivity index (χ0) is 22.5. The van der Waals surface area contributed by atoms with Crippen LogP contribution in [0.5, 0.6) is 0 Å². The van der Waals surface area contributed by atoms with Gasteiger partial charge in [0, 0.05) is 29.9 Å². The van der Waals surface area contributed by atoms with Gasteiger partial charge in [0.2, 0.25) is 6.10 Å². The van der Waals surface area contributed by atoms with Crippen LogP contribution >= 0.6 is 11.6 Å². The number of aryl methyl sites for hydroxylation is 4. The normalized spacial score (nSPS) is 12.0. The van der Waals surface area contributed by atoms with Gasteiger partial charge in [0.25, 0.3) is 5.91 Å². The maximum Gasteiger partial charge on any atom is 0.331 e. The smallest absolute Gasteiger partial charge is 0.331 e. The van der Waals surface area contributed by atoms with Gasteiger partial charge in [-0.3, -0.25) is 9.48 Å². The van der Waals surface area contributed by atoms with Crippen molar-refractivity contribution in [1.82, 2.24) is 9.78 Å². The fraction of sp³-hybridized carbons (Fsp3) is 0.208. The maximum absolute atomic E-state index is 13.1. The highest BCUT2D eigenvalue weighted by Crippen LogP contribution is 2.24. The number of amides is 1. The van der Waals surface area contributed by atoms with E-state index >= 15 is 0 Å². The Morgan fingerprint density at radius 3 is 2.48 bits per heavy atom. The second-order valence-corrected chi connectivity index (χ2v) is 7.64. The van der Waals surface area contributed by atoms with Gasteiger partial charge in [0.15, 0.2) is 0 Å². The fourth-order valence-corrected chi connectivity index (χ4v) is 3.35. The number of nitrogens with one attached hydrogen (secondary N) is 1. The molecule has 0 saturated carbocycles. The number of ether oxygens (including phenoxy) is 1. The Hall–Kier alpha value is -3.38. The number of hydrogen-bond acceptors (Lipinski definition) is 4. The summed E-state index contributed by atoms with van der Waals surface area (Å²) in [6.45, 7) is 5.64. The minimum Gasteiger partial charge on any atom is -0.444 e. The average Bonchev–Trinajstić information content (AvgIpc) is 2.99. The van der Waals surface area contributed by atoms with Crippen LogP contribution in [0.2, 0.25) is 5.15 Å². The third kappa shape index (κ3) is 5.41. The highest BCUT2D eigenvalue weighted by atomic mass is 35.5. The SMILES string of the molecule is Cc1ccc(C)c(NC(=O)C(OC(=O)/C=C/c2c(C)nn(C)c2Cl)c2ccccc2)c1. The van der Waals surface area contributed by atoms with Crippen molar-refractivity contribution in [3.8, 4) is 0 Å². The molecule has 31 heavy (non-hydrogen) atoms.